The summed E-state index contributed by atoms with van der Waals surface area (Å²) in [6.45, 7) is 10.4. The van der Waals surface area contributed by atoms with E-state index in [9.17, 15) is 4.39 Å². The predicted molar refractivity (Wildman–Crippen MR) is 115 cm³/mol. The Bertz CT molecular complexity index is 1220. The standard InChI is InChI=1S/C23H25FN6O/c1-14-17-11-27-30-7-5-19(28-20(17)30)29-6-4-15-9-23(15,29)18-8-16(24)10-25-21(18)31-13-22(2,3)12-26-14/h5,7-8,10-11,15,26H,1,4,6,9,12-13H2,2-3H3/t15-,23+/m0/s1. The Morgan fingerprint density at radius 3 is 3.03 bits per heavy atom. The molecule has 160 valence electrons. The lowest BCUT2D eigenvalue weighted by atomic mass is 9.94. The molecule has 31 heavy (non-hydrogen) atoms. The summed E-state index contributed by atoms with van der Waals surface area (Å²) in [5.74, 6) is 1.48. The predicted octanol–water partition coefficient (Wildman–Crippen LogP) is 3.37. The highest BCUT2D eigenvalue weighted by Crippen LogP contribution is 2.64. The van der Waals surface area contributed by atoms with Gasteiger partial charge in [-0.1, -0.05) is 20.4 Å². The zero-order valence-electron chi connectivity index (χ0n) is 17.7. The summed E-state index contributed by atoms with van der Waals surface area (Å²) in [4.78, 5) is 11.6. The van der Waals surface area contributed by atoms with Crippen molar-refractivity contribution in [1.29, 1.82) is 0 Å². The molecule has 2 atom stereocenters. The van der Waals surface area contributed by atoms with Gasteiger partial charge in [0.25, 0.3) is 0 Å². The maximum atomic E-state index is 14.3. The molecule has 2 bridgehead atoms. The summed E-state index contributed by atoms with van der Waals surface area (Å²) in [6, 6.07) is 3.58. The Morgan fingerprint density at radius 2 is 2.19 bits per heavy atom. The fourth-order valence-electron chi connectivity index (χ4n) is 5.10. The summed E-state index contributed by atoms with van der Waals surface area (Å²) in [5, 5.41) is 7.86. The van der Waals surface area contributed by atoms with Crippen molar-refractivity contribution in [3.05, 3.63) is 54.2 Å². The number of piperidine rings is 1. The van der Waals surface area contributed by atoms with Gasteiger partial charge in [-0.2, -0.15) is 5.10 Å². The molecule has 0 aromatic carbocycles. The van der Waals surface area contributed by atoms with Gasteiger partial charge in [0.15, 0.2) is 5.65 Å². The van der Waals surface area contributed by atoms with Gasteiger partial charge in [0.1, 0.15) is 11.6 Å². The van der Waals surface area contributed by atoms with Crippen molar-refractivity contribution < 1.29 is 9.13 Å². The molecular formula is C23H25FN6O. The first-order chi connectivity index (χ1) is 14.9. The van der Waals surface area contributed by atoms with E-state index in [-0.39, 0.29) is 16.8 Å². The van der Waals surface area contributed by atoms with Gasteiger partial charge in [0.2, 0.25) is 5.88 Å². The maximum Gasteiger partial charge on any atom is 0.219 e. The zero-order valence-corrected chi connectivity index (χ0v) is 17.7. The molecule has 2 fully saturated rings. The van der Waals surface area contributed by atoms with Crippen molar-refractivity contribution >= 4 is 17.2 Å². The van der Waals surface area contributed by atoms with E-state index < -0.39 is 0 Å². The summed E-state index contributed by atoms with van der Waals surface area (Å²) < 4.78 is 22.3. The van der Waals surface area contributed by atoms with E-state index in [0.717, 1.165) is 47.7 Å². The van der Waals surface area contributed by atoms with Crippen LogP contribution in [0.25, 0.3) is 11.3 Å². The number of pyridine rings is 1. The largest absolute Gasteiger partial charge is 0.477 e. The minimum atomic E-state index is -0.339. The minimum absolute atomic E-state index is 0.196. The molecule has 0 unspecified atom stereocenters. The number of halogens is 1. The Balaban J connectivity index is 1.55. The molecule has 1 N–H and O–H groups in total. The molecule has 8 heteroatoms. The van der Waals surface area contributed by atoms with Crippen molar-refractivity contribution in [2.75, 3.05) is 24.6 Å². The van der Waals surface area contributed by atoms with Crippen molar-refractivity contribution in [3.63, 3.8) is 0 Å². The van der Waals surface area contributed by atoms with E-state index in [1.165, 1.54) is 6.20 Å². The molecular weight excluding hydrogens is 395 g/mol. The van der Waals surface area contributed by atoms with Crippen molar-refractivity contribution in [1.82, 2.24) is 24.9 Å². The highest BCUT2D eigenvalue weighted by atomic mass is 19.1. The van der Waals surface area contributed by atoms with Crippen LogP contribution >= 0.6 is 0 Å². The number of nitrogens with zero attached hydrogens (tertiary/aromatic N) is 5. The average molecular weight is 420 g/mol. The second-order valence-electron chi connectivity index (χ2n) is 9.67. The van der Waals surface area contributed by atoms with Gasteiger partial charge >= 0.3 is 0 Å². The van der Waals surface area contributed by atoms with Crippen LogP contribution in [0.2, 0.25) is 0 Å². The van der Waals surface area contributed by atoms with E-state index in [1.54, 1.807) is 16.8 Å². The number of rotatable bonds is 0. The van der Waals surface area contributed by atoms with Crippen LogP contribution in [0.15, 0.2) is 37.3 Å². The van der Waals surface area contributed by atoms with E-state index >= 15 is 0 Å². The third-order valence-electron chi connectivity index (χ3n) is 6.88. The SMILES string of the molecule is C=C1NCC(C)(C)COc2ncc(F)cc2[C@@]23C[C@@H]2CCN3c2ccn3ncc1c3n2. The molecule has 6 rings (SSSR count). The number of fused-ring (bicyclic) bond motifs is 3. The first-order valence-electron chi connectivity index (χ1n) is 10.7. The second kappa shape index (κ2) is 6.18. The van der Waals surface area contributed by atoms with Gasteiger partial charge in [-0.05, 0) is 30.9 Å². The molecule has 1 spiro atoms. The van der Waals surface area contributed by atoms with Gasteiger partial charge in [-0.15, -0.1) is 0 Å². The molecule has 1 saturated heterocycles. The minimum Gasteiger partial charge on any atom is -0.477 e. The van der Waals surface area contributed by atoms with Crippen LogP contribution in [-0.2, 0) is 5.54 Å². The molecule has 7 nitrogen and oxygen atoms in total. The van der Waals surface area contributed by atoms with Crippen LogP contribution in [0.5, 0.6) is 5.88 Å². The van der Waals surface area contributed by atoms with Crippen molar-refractivity contribution in [2.24, 2.45) is 11.3 Å². The molecule has 3 aromatic rings. The fourth-order valence-corrected chi connectivity index (χ4v) is 5.10. The van der Waals surface area contributed by atoms with Gasteiger partial charge in [-0.3, -0.25) is 0 Å². The summed E-state index contributed by atoms with van der Waals surface area (Å²) in [6.07, 6.45) is 6.95. The lowest BCUT2D eigenvalue weighted by molar-refractivity contribution is 0.173. The lowest BCUT2D eigenvalue weighted by Crippen LogP contribution is -2.36. The van der Waals surface area contributed by atoms with Gasteiger partial charge < -0.3 is 15.0 Å². The third kappa shape index (κ3) is 2.73. The van der Waals surface area contributed by atoms with Crippen molar-refractivity contribution in [2.45, 2.75) is 32.2 Å². The zero-order chi connectivity index (χ0) is 21.4. The number of ether oxygens (including phenoxy) is 1. The topological polar surface area (TPSA) is 67.6 Å². The molecule has 0 amide bonds. The number of nitrogens with one attached hydrogen (secondary N) is 1. The van der Waals surface area contributed by atoms with Crippen LogP contribution in [0, 0.1) is 17.2 Å². The Morgan fingerprint density at radius 1 is 1.32 bits per heavy atom. The van der Waals surface area contributed by atoms with Gasteiger partial charge in [0.05, 0.1) is 30.1 Å². The van der Waals surface area contributed by atoms with Gasteiger partial charge in [0, 0.05) is 36.0 Å². The highest BCUT2D eigenvalue weighted by molar-refractivity contribution is 5.74. The van der Waals surface area contributed by atoms with E-state index in [4.69, 9.17) is 9.72 Å². The Labute approximate surface area is 179 Å². The monoisotopic (exact) mass is 420 g/mol. The highest BCUT2D eigenvalue weighted by Gasteiger charge is 2.65. The third-order valence-corrected chi connectivity index (χ3v) is 6.88. The normalized spacial score (nSPS) is 26.5. The van der Waals surface area contributed by atoms with Crippen LogP contribution in [0.4, 0.5) is 10.2 Å². The van der Waals surface area contributed by atoms with E-state index in [0.29, 0.717) is 24.9 Å². The molecule has 5 heterocycles. The lowest BCUT2D eigenvalue weighted by Gasteiger charge is -2.32. The first-order valence-corrected chi connectivity index (χ1v) is 10.7. The van der Waals surface area contributed by atoms with Crippen LogP contribution in [0.3, 0.4) is 0 Å². The Kier molecular flexibility index (Phi) is 3.71. The quantitative estimate of drug-likeness (QED) is 0.602. The van der Waals surface area contributed by atoms with E-state index in [2.05, 4.69) is 40.7 Å². The van der Waals surface area contributed by atoms with Crippen LogP contribution in [-0.4, -0.2) is 39.3 Å². The summed E-state index contributed by atoms with van der Waals surface area (Å²) >= 11 is 0. The smallest absolute Gasteiger partial charge is 0.219 e. The number of aromatic nitrogens is 4. The first kappa shape index (κ1) is 18.6. The van der Waals surface area contributed by atoms with E-state index in [1.807, 2.05) is 12.3 Å². The Hall–Kier alpha value is -3.16. The molecule has 1 saturated carbocycles. The molecule has 3 aromatic heterocycles. The average Bonchev–Trinajstić information content (AvgIpc) is 3.13. The maximum absolute atomic E-state index is 14.3. The fraction of sp³-hybridized carbons (Fsp3) is 0.435. The van der Waals surface area contributed by atoms with Crippen LogP contribution < -0.4 is 15.0 Å². The second-order valence-corrected chi connectivity index (χ2v) is 9.67. The van der Waals surface area contributed by atoms with Gasteiger partial charge in [-0.25, -0.2) is 18.9 Å². The molecule has 2 aliphatic heterocycles. The summed E-state index contributed by atoms with van der Waals surface area (Å²) in [5.41, 5.74) is 2.74. The number of hydrogen-bond donors (Lipinski definition) is 1. The molecule has 3 aliphatic rings. The van der Waals surface area contributed by atoms with Crippen LogP contribution in [0.1, 0.15) is 37.8 Å². The van der Waals surface area contributed by atoms with Crippen molar-refractivity contribution in [3.8, 4) is 5.88 Å². The number of anilines is 1. The number of hydrogen-bond acceptors (Lipinski definition) is 6. The molecule has 1 aliphatic carbocycles. The molecule has 0 radical (unpaired) electrons. The summed E-state index contributed by atoms with van der Waals surface area (Å²) in [7, 11) is 0.